The Hall–Kier alpha value is -0.160. The predicted molar refractivity (Wildman–Crippen MR) is 66.4 cm³/mol. The number of unbranched alkanes of at least 4 members (excludes halogenated alkanes) is 9. The molecule has 4 N–H and O–H groups in total. The first-order valence-electron chi connectivity index (χ1n) is 6.55. The van der Waals surface area contributed by atoms with Crippen molar-refractivity contribution in [1.82, 2.24) is 0 Å². The van der Waals surface area contributed by atoms with Gasteiger partial charge in [0.05, 0.1) is 13.2 Å². The highest BCUT2D eigenvalue weighted by molar-refractivity contribution is 4.47. The lowest BCUT2D eigenvalue weighted by molar-refractivity contribution is 0.133. The summed E-state index contributed by atoms with van der Waals surface area (Å²) < 4.78 is 0. The van der Waals surface area contributed by atoms with E-state index in [2.05, 4.69) is 9.68 Å². The number of hydrogen-bond donors (Lipinski definition) is 2. The third-order valence-corrected chi connectivity index (χ3v) is 2.77. The molecule has 0 aliphatic heterocycles. The second-order valence-electron chi connectivity index (χ2n) is 4.28. The average molecular weight is 232 g/mol. The van der Waals surface area contributed by atoms with Crippen molar-refractivity contribution in [2.45, 2.75) is 64.2 Å². The molecule has 0 saturated carbocycles. The van der Waals surface area contributed by atoms with E-state index in [4.69, 9.17) is 11.8 Å². The van der Waals surface area contributed by atoms with Crippen molar-refractivity contribution >= 4 is 0 Å². The van der Waals surface area contributed by atoms with Crippen molar-refractivity contribution in [3.8, 4) is 0 Å². The molecule has 0 fully saturated rings. The molecule has 98 valence electrons. The molecule has 0 unspecified atom stereocenters. The zero-order valence-corrected chi connectivity index (χ0v) is 10.5. The van der Waals surface area contributed by atoms with E-state index in [1.807, 2.05) is 0 Å². The summed E-state index contributed by atoms with van der Waals surface area (Å²) in [4.78, 5) is 9.03. The van der Waals surface area contributed by atoms with E-state index in [-0.39, 0.29) is 0 Å². The third kappa shape index (κ3) is 13.8. The van der Waals surface area contributed by atoms with Gasteiger partial charge in [-0.15, -0.1) is 0 Å². The van der Waals surface area contributed by atoms with Crippen LogP contribution in [0.4, 0.5) is 0 Å². The Morgan fingerprint density at radius 1 is 0.438 bits per heavy atom. The standard InChI is InChI=1S/C12H28N2O2/c13-15-11-9-7-5-3-1-2-4-6-8-10-12-16-14/h1-14H2. The Morgan fingerprint density at radius 2 is 0.688 bits per heavy atom. The zero-order chi connectivity index (χ0) is 11.9. The minimum absolute atomic E-state index is 0.698. The van der Waals surface area contributed by atoms with E-state index in [0.717, 1.165) is 12.8 Å². The summed E-state index contributed by atoms with van der Waals surface area (Å²) in [6.45, 7) is 1.40. The summed E-state index contributed by atoms with van der Waals surface area (Å²) in [5.74, 6) is 9.88. The van der Waals surface area contributed by atoms with Crippen LogP contribution in [0.25, 0.3) is 0 Å². The lowest BCUT2D eigenvalue weighted by Gasteiger charge is -2.02. The second-order valence-corrected chi connectivity index (χ2v) is 4.28. The Bertz CT molecular complexity index is 110. The van der Waals surface area contributed by atoms with Gasteiger partial charge in [-0.05, 0) is 12.8 Å². The maximum absolute atomic E-state index is 4.94. The topological polar surface area (TPSA) is 70.5 Å². The molecular formula is C12H28N2O2. The van der Waals surface area contributed by atoms with Crippen LogP contribution in [-0.4, -0.2) is 13.2 Å². The van der Waals surface area contributed by atoms with E-state index in [1.54, 1.807) is 0 Å². The van der Waals surface area contributed by atoms with Gasteiger partial charge in [-0.1, -0.05) is 51.4 Å². The number of rotatable bonds is 13. The molecule has 0 aromatic rings. The van der Waals surface area contributed by atoms with Crippen LogP contribution in [-0.2, 0) is 9.68 Å². The molecule has 0 heterocycles. The third-order valence-electron chi connectivity index (χ3n) is 2.77. The van der Waals surface area contributed by atoms with Crippen molar-refractivity contribution in [1.29, 1.82) is 0 Å². The molecular weight excluding hydrogens is 204 g/mol. The van der Waals surface area contributed by atoms with Gasteiger partial charge in [0.1, 0.15) is 0 Å². The van der Waals surface area contributed by atoms with Crippen LogP contribution < -0.4 is 11.8 Å². The highest BCUT2D eigenvalue weighted by atomic mass is 16.6. The number of hydrogen-bond acceptors (Lipinski definition) is 4. The Balaban J connectivity index is 2.83. The fourth-order valence-electron chi connectivity index (χ4n) is 1.79. The highest BCUT2D eigenvalue weighted by Crippen LogP contribution is 2.10. The van der Waals surface area contributed by atoms with Crippen molar-refractivity contribution in [3.05, 3.63) is 0 Å². The molecule has 0 bridgehead atoms. The van der Waals surface area contributed by atoms with Gasteiger partial charge in [0.15, 0.2) is 0 Å². The Kier molecular flexibility index (Phi) is 14.7. The molecule has 0 aliphatic rings. The highest BCUT2D eigenvalue weighted by Gasteiger charge is 1.93. The molecule has 16 heavy (non-hydrogen) atoms. The van der Waals surface area contributed by atoms with Crippen LogP contribution in [0.1, 0.15) is 64.2 Å². The van der Waals surface area contributed by atoms with Crippen LogP contribution in [0.5, 0.6) is 0 Å². The molecule has 0 aliphatic carbocycles. The molecule has 0 rings (SSSR count). The summed E-state index contributed by atoms with van der Waals surface area (Å²) in [7, 11) is 0. The first-order valence-corrected chi connectivity index (χ1v) is 6.55. The van der Waals surface area contributed by atoms with Crippen molar-refractivity contribution in [2.24, 2.45) is 11.8 Å². The van der Waals surface area contributed by atoms with Crippen molar-refractivity contribution in [2.75, 3.05) is 13.2 Å². The fourth-order valence-corrected chi connectivity index (χ4v) is 1.79. The van der Waals surface area contributed by atoms with Gasteiger partial charge < -0.3 is 9.68 Å². The van der Waals surface area contributed by atoms with Crippen molar-refractivity contribution in [3.63, 3.8) is 0 Å². The summed E-state index contributed by atoms with van der Waals surface area (Å²) in [6, 6.07) is 0. The molecule has 0 atom stereocenters. The van der Waals surface area contributed by atoms with E-state index >= 15 is 0 Å². The molecule has 4 heteroatoms. The first-order chi connectivity index (χ1) is 7.91. The molecule has 0 amide bonds. The maximum Gasteiger partial charge on any atom is 0.0679 e. The van der Waals surface area contributed by atoms with E-state index < -0.39 is 0 Å². The normalized spacial score (nSPS) is 10.9. The fraction of sp³-hybridized carbons (Fsp3) is 1.00. The summed E-state index contributed by atoms with van der Waals surface area (Å²) in [6.07, 6.45) is 12.7. The van der Waals surface area contributed by atoms with E-state index in [0.29, 0.717) is 13.2 Å². The molecule has 0 saturated heterocycles. The Morgan fingerprint density at radius 3 is 0.938 bits per heavy atom. The van der Waals surface area contributed by atoms with Crippen LogP contribution in [0.3, 0.4) is 0 Å². The van der Waals surface area contributed by atoms with Crippen LogP contribution >= 0.6 is 0 Å². The monoisotopic (exact) mass is 232 g/mol. The van der Waals surface area contributed by atoms with E-state index in [1.165, 1.54) is 51.4 Å². The SMILES string of the molecule is NOCCCCCCCCCCCCON. The molecule has 0 aromatic heterocycles. The van der Waals surface area contributed by atoms with Gasteiger partial charge in [0.2, 0.25) is 0 Å². The smallest absolute Gasteiger partial charge is 0.0679 e. The molecule has 0 aromatic carbocycles. The van der Waals surface area contributed by atoms with Gasteiger partial charge in [-0.25, -0.2) is 11.8 Å². The Labute approximate surface area is 99.6 Å². The van der Waals surface area contributed by atoms with Gasteiger partial charge in [0, 0.05) is 0 Å². The minimum atomic E-state index is 0.698. The van der Waals surface area contributed by atoms with Gasteiger partial charge in [-0.2, -0.15) is 0 Å². The van der Waals surface area contributed by atoms with Gasteiger partial charge in [-0.3, -0.25) is 0 Å². The molecule has 0 radical (unpaired) electrons. The maximum atomic E-state index is 4.94. The number of nitrogens with two attached hydrogens (primary N) is 2. The summed E-state index contributed by atoms with van der Waals surface area (Å²) in [5.41, 5.74) is 0. The van der Waals surface area contributed by atoms with Crippen molar-refractivity contribution < 1.29 is 9.68 Å². The second kappa shape index (κ2) is 14.8. The summed E-state index contributed by atoms with van der Waals surface area (Å²) in [5, 5.41) is 0. The van der Waals surface area contributed by atoms with Crippen LogP contribution in [0.15, 0.2) is 0 Å². The molecule has 4 nitrogen and oxygen atoms in total. The van der Waals surface area contributed by atoms with Gasteiger partial charge in [0.25, 0.3) is 0 Å². The van der Waals surface area contributed by atoms with E-state index in [9.17, 15) is 0 Å². The van der Waals surface area contributed by atoms with Crippen LogP contribution in [0.2, 0.25) is 0 Å². The largest absolute Gasteiger partial charge is 0.305 e. The summed E-state index contributed by atoms with van der Waals surface area (Å²) >= 11 is 0. The van der Waals surface area contributed by atoms with Gasteiger partial charge >= 0.3 is 0 Å². The average Bonchev–Trinajstić information content (AvgIpc) is 2.31. The lowest BCUT2D eigenvalue weighted by atomic mass is 10.1. The first kappa shape index (κ1) is 15.8. The lowest BCUT2D eigenvalue weighted by Crippen LogP contribution is -2.00. The quantitative estimate of drug-likeness (QED) is 0.378. The minimum Gasteiger partial charge on any atom is -0.305 e. The van der Waals surface area contributed by atoms with Crippen LogP contribution in [0, 0.1) is 0 Å². The zero-order valence-electron chi connectivity index (χ0n) is 10.5. The molecule has 0 spiro atoms. The predicted octanol–water partition coefficient (Wildman–Crippen LogP) is 2.67.